The van der Waals surface area contributed by atoms with E-state index < -0.39 is 23.2 Å². The summed E-state index contributed by atoms with van der Waals surface area (Å²) in [5.74, 6) is -0.703. The molecule has 2 amide bonds. The van der Waals surface area contributed by atoms with Crippen LogP contribution in [0, 0.1) is 0 Å². The number of anilines is 2. The molecule has 0 unspecified atom stereocenters. The first-order valence-corrected chi connectivity index (χ1v) is 8.27. The third-order valence-corrected chi connectivity index (χ3v) is 3.86. The molecule has 144 valence electrons. The van der Waals surface area contributed by atoms with E-state index in [1.54, 1.807) is 31.2 Å². The minimum Gasteiger partial charge on any atom is -0.325 e. The van der Waals surface area contributed by atoms with Crippen LogP contribution >= 0.6 is 0 Å². The number of hydrogen-bond donors (Lipinski definition) is 3. The molecule has 2 aromatic heterocycles. The second kappa shape index (κ2) is 8.12. The number of aromatic nitrogens is 5. The van der Waals surface area contributed by atoms with Crippen molar-refractivity contribution in [2.75, 3.05) is 10.6 Å². The van der Waals surface area contributed by atoms with Crippen molar-refractivity contribution in [2.45, 2.75) is 19.5 Å². The van der Waals surface area contributed by atoms with Crippen molar-refractivity contribution in [1.29, 1.82) is 0 Å². The first kappa shape index (κ1) is 18.8. The van der Waals surface area contributed by atoms with Gasteiger partial charge in [0.25, 0.3) is 5.56 Å². The highest BCUT2D eigenvalue weighted by Gasteiger charge is 2.15. The normalized spacial score (nSPS) is 11.6. The molecule has 11 heteroatoms. The number of amides is 2. The van der Waals surface area contributed by atoms with Crippen LogP contribution in [-0.2, 0) is 16.1 Å². The van der Waals surface area contributed by atoms with Gasteiger partial charge in [-0.1, -0.05) is 0 Å². The summed E-state index contributed by atoms with van der Waals surface area (Å²) in [6, 6.07) is 7.12. The molecule has 0 spiro atoms. The predicted octanol–water partition coefficient (Wildman–Crippen LogP) is -0.0335. The fourth-order valence-electron chi connectivity index (χ4n) is 2.35. The molecule has 1 atom stereocenters. The number of benzene rings is 1. The van der Waals surface area contributed by atoms with Crippen LogP contribution in [0.15, 0.2) is 58.8 Å². The topological polar surface area (TPSA) is 144 Å². The minimum absolute atomic E-state index is 0.247. The lowest BCUT2D eigenvalue weighted by atomic mass is 10.2. The molecule has 3 rings (SSSR count). The van der Waals surface area contributed by atoms with E-state index in [9.17, 15) is 19.2 Å². The van der Waals surface area contributed by atoms with Gasteiger partial charge in [-0.05, 0) is 31.2 Å². The SMILES string of the molecule is C[C@H](C(=O)Nc1ccc(NC(=O)Cn2ccc(=O)[nH]c2=O)cc1)n1cncn1. The Morgan fingerprint density at radius 3 is 2.39 bits per heavy atom. The van der Waals surface area contributed by atoms with Crippen LogP contribution in [0.5, 0.6) is 0 Å². The summed E-state index contributed by atoms with van der Waals surface area (Å²) in [7, 11) is 0. The fourth-order valence-corrected chi connectivity index (χ4v) is 2.35. The van der Waals surface area contributed by atoms with Gasteiger partial charge in [-0.3, -0.25) is 23.9 Å². The van der Waals surface area contributed by atoms with Gasteiger partial charge in [0.2, 0.25) is 11.8 Å². The smallest absolute Gasteiger partial charge is 0.325 e. The zero-order chi connectivity index (χ0) is 20.1. The molecule has 11 nitrogen and oxygen atoms in total. The summed E-state index contributed by atoms with van der Waals surface area (Å²) >= 11 is 0. The molecule has 0 saturated heterocycles. The minimum atomic E-state index is -0.665. The van der Waals surface area contributed by atoms with E-state index in [0.29, 0.717) is 11.4 Å². The Hall–Kier alpha value is -4.02. The van der Waals surface area contributed by atoms with Crippen LogP contribution in [-0.4, -0.2) is 36.1 Å². The Morgan fingerprint density at radius 2 is 1.79 bits per heavy atom. The first-order valence-electron chi connectivity index (χ1n) is 8.27. The molecule has 0 fully saturated rings. The maximum absolute atomic E-state index is 12.2. The third kappa shape index (κ3) is 4.58. The highest BCUT2D eigenvalue weighted by Crippen LogP contribution is 2.15. The van der Waals surface area contributed by atoms with Crippen molar-refractivity contribution in [1.82, 2.24) is 24.3 Å². The lowest BCUT2D eigenvalue weighted by Gasteiger charge is -2.12. The number of hydrogen-bond acceptors (Lipinski definition) is 6. The molecular formula is C17H17N7O4. The van der Waals surface area contributed by atoms with Crippen molar-refractivity contribution in [3.05, 3.63) is 70.0 Å². The van der Waals surface area contributed by atoms with E-state index in [4.69, 9.17) is 0 Å². The van der Waals surface area contributed by atoms with Crippen molar-refractivity contribution >= 4 is 23.2 Å². The van der Waals surface area contributed by atoms with Gasteiger partial charge >= 0.3 is 5.69 Å². The second-order valence-electron chi connectivity index (χ2n) is 5.90. The van der Waals surface area contributed by atoms with Crippen molar-refractivity contribution in [3.63, 3.8) is 0 Å². The molecule has 3 aromatic rings. The molecule has 0 radical (unpaired) electrons. The number of H-pyrrole nitrogens is 1. The van der Waals surface area contributed by atoms with Gasteiger partial charge in [0.15, 0.2) is 0 Å². The van der Waals surface area contributed by atoms with Crippen molar-refractivity contribution in [2.24, 2.45) is 0 Å². The van der Waals surface area contributed by atoms with Gasteiger partial charge in [-0.25, -0.2) is 14.5 Å². The van der Waals surface area contributed by atoms with E-state index in [0.717, 1.165) is 10.6 Å². The molecular weight excluding hydrogens is 366 g/mol. The molecule has 0 bridgehead atoms. The lowest BCUT2D eigenvalue weighted by molar-refractivity contribution is -0.119. The van der Waals surface area contributed by atoms with Crippen LogP contribution in [0.4, 0.5) is 11.4 Å². The average Bonchev–Trinajstić information content (AvgIpc) is 3.19. The molecule has 1 aromatic carbocycles. The monoisotopic (exact) mass is 383 g/mol. The van der Waals surface area contributed by atoms with Crippen molar-refractivity contribution < 1.29 is 9.59 Å². The number of nitrogens with zero attached hydrogens (tertiary/aromatic N) is 4. The average molecular weight is 383 g/mol. The van der Waals surface area contributed by atoms with Gasteiger partial charge < -0.3 is 10.6 Å². The first-order chi connectivity index (χ1) is 13.4. The Labute approximate surface area is 158 Å². The summed E-state index contributed by atoms with van der Waals surface area (Å²) in [5.41, 5.74) is -0.156. The van der Waals surface area contributed by atoms with E-state index in [2.05, 4.69) is 25.7 Å². The standard InChI is InChI=1S/C17H17N7O4/c1-11(24-10-18-9-19-24)16(27)21-13-4-2-12(3-5-13)20-15(26)8-23-7-6-14(25)22-17(23)28/h2-7,9-11H,8H2,1H3,(H,20,26)(H,21,27)(H,22,25,28)/t11-/m1/s1. The van der Waals surface area contributed by atoms with E-state index in [1.807, 2.05) is 0 Å². The maximum Gasteiger partial charge on any atom is 0.328 e. The summed E-state index contributed by atoms with van der Waals surface area (Å²) in [5, 5.41) is 9.30. The van der Waals surface area contributed by atoms with Crippen LogP contribution in [0.1, 0.15) is 13.0 Å². The second-order valence-corrected chi connectivity index (χ2v) is 5.90. The molecule has 0 saturated carbocycles. The lowest BCUT2D eigenvalue weighted by Crippen LogP contribution is -2.32. The van der Waals surface area contributed by atoms with Crippen molar-refractivity contribution in [3.8, 4) is 0 Å². The largest absolute Gasteiger partial charge is 0.328 e. The van der Waals surface area contributed by atoms with Crippen LogP contribution in [0.3, 0.4) is 0 Å². The Bertz CT molecular complexity index is 1080. The van der Waals surface area contributed by atoms with E-state index in [1.165, 1.54) is 23.5 Å². The fraction of sp³-hybridized carbons (Fsp3) is 0.176. The maximum atomic E-state index is 12.2. The van der Waals surface area contributed by atoms with Crippen LogP contribution < -0.4 is 21.9 Å². The molecule has 28 heavy (non-hydrogen) atoms. The van der Waals surface area contributed by atoms with Gasteiger partial charge in [0, 0.05) is 23.6 Å². The van der Waals surface area contributed by atoms with Crippen LogP contribution in [0.2, 0.25) is 0 Å². The zero-order valence-electron chi connectivity index (χ0n) is 14.8. The molecule has 0 aliphatic carbocycles. The van der Waals surface area contributed by atoms with E-state index >= 15 is 0 Å². The predicted molar refractivity (Wildman–Crippen MR) is 99.8 cm³/mol. The Kier molecular flexibility index (Phi) is 5.44. The van der Waals surface area contributed by atoms with Gasteiger partial charge in [-0.2, -0.15) is 5.10 Å². The molecule has 3 N–H and O–H groups in total. The van der Waals surface area contributed by atoms with Gasteiger partial charge in [0.1, 0.15) is 25.2 Å². The quantitative estimate of drug-likeness (QED) is 0.545. The third-order valence-electron chi connectivity index (χ3n) is 3.86. The van der Waals surface area contributed by atoms with Gasteiger partial charge in [0.05, 0.1) is 0 Å². The highest BCUT2D eigenvalue weighted by molar-refractivity contribution is 5.94. The Morgan fingerprint density at radius 1 is 1.11 bits per heavy atom. The number of nitrogens with one attached hydrogen (secondary N) is 3. The zero-order valence-corrected chi connectivity index (χ0v) is 14.8. The Balaban J connectivity index is 1.58. The summed E-state index contributed by atoms with van der Waals surface area (Å²) in [6.45, 7) is 1.45. The highest BCUT2D eigenvalue weighted by atomic mass is 16.2. The molecule has 2 heterocycles. The number of carbonyl (C=O) groups excluding carboxylic acids is 2. The van der Waals surface area contributed by atoms with Gasteiger partial charge in [-0.15, -0.1) is 0 Å². The molecule has 0 aliphatic heterocycles. The molecule has 0 aliphatic rings. The van der Waals surface area contributed by atoms with E-state index in [-0.39, 0.29) is 12.5 Å². The summed E-state index contributed by atoms with van der Waals surface area (Å²) in [6.07, 6.45) is 4.05. The summed E-state index contributed by atoms with van der Waals surface area (Å²) in [4.78, 5) is 52.8. The van der Waals surface area contributed by atoms with Crippen LogP contribution in [0.25, 0.3) is 0 Å². The summed E-state index contributed by atoms with van der Waals surface area (Å²) < 4.78 is 2.51. The number of carbonyl (C=O) groups is 2. The number of aromatic amines is 1. The number of rotatable bonds is 6.